The van der Waals surface area contributed by atoms with Gasteiger partial charge in [-0.15, -0.1) is 0 Å². The van der Waals surface area contributed by atoms with Gasteiger partial charge >= 0.3 is 18.0 Å². The van der Waals surface area contributed by atoms with Crippen molar-refractivity contribution < 1.29 is 41.7 Å². The second-order valence-corrected chi connectivity index (χ2v) is 11.9. The molecule has 9 heteroatoms. The first kappa shape index (κ1) is 32.5. The van der Waals surface area contributed by atoms with Crippen LogP contribution in [0.5, 0.6) is 0 Å². The number of rotatable bonds is 6. The van der Waals surface area contributed by atoms with Gasteiger partial charge in [-0.3, -0.25) is 0 Å². The fraction of sp³-hybridized carbons (Fsp3) is 0.724. The lowest BCUT2D eigenvalue weighted by Crippen LogP contribution is -2.55. The van der Waals surface area contributed by atoms with E-state index in [1.165, 1.54) is 0 Å². The summed E-state index contributed by atoms with van der Waals surface area (Å²) in [6.45, 7) is 14.2. The molecule has 0 radical (unpaired) electrons. The van der Waals surface area contributed by atoms with E-state index in [2.05, 4.69) is 40.3 Å². The third-order valence-corrected chi connectivity index (χ3v) is 9.16. The van der Waals surface area contributed by atoms with Gasteiger partial charge in [-0.1, -0.05) is 65.3 Å². The Morgan fingerprint density at radius 2 is 1.66 bits per heavy atom. The maximum Gasteiger partial charge on any atom is 0.438 e. The second-order valence-electron chi connectivity index (χ2n) is 11.9. The molecule has 0 aromatic carbocycles. The average Bonchev–Trinajstić information content (AvgIpc) is 2.99. The van der Waals surface area contributed by atoms with Gasteiger partial charge in [0.1, 0.15) is 0 Å². The highest BCUT2D eigenvalue weighted by Gasteiger charge is 2.70. The standard InChI is InChI=1S/C29H40F6O3/c1-18(9-8-13-27(38,28(30,31)32)29(33,34)35)15-19(2)26(6)14-12-22(25(26,4)5)11-7-10-21-16-23(36)17-24(37)20(21)3/h7,10-11,18-19,22-24,36-38H,3,9,12,14-17H2,1-2,4-6H3/b11-7+,21-10-/t18?,19-,22-,23-,24+,26-/m1/s1. The first-order valence-electron chi connectivity index (χ1n) is 13.0. The summed E-state index contributed by atoms with van der Waals surface area (Å²) in [5.41, 5.74) is -3.90. The largest absolute Gasteiger partial charge is 0.438 e. The van der Waals surface area contributed by atoms with Crippen LogP contribution in [0.4, 0.5) is 26.3 Å². The van der Waals surface area contributed by atoms with Gasteiger partial charge in [0.05, 0.1) is 12.2 Å². The molecular formula is C29H40F6O3. The molecule has 0 spiro atoms. The number of halogens is 6. The van der Waals surface area contributed by atoms with Crippen LogP contribution in [0, 0.1) is 40.4 Å². The van der Waals surface area contributed by atoms with Crippen molar-refractivity contribution in [2.45, 2.75) is 103 Å². The lowest BCUT2D eigenvalue weighted by molar-refractivity contribution is -0.343. The zero-order valence-corrected chi connectivity index (χ0v) is 22.7. The number of aliphatic hydroxyl groups excluding tert-OH is 2. The SMILES string of the molecule is C=C1/C(=C\C=C\[C@@H]2CC[C@](C)([C@H](C)CC(C)CC#CC(O)(C(F)(F)F)C(F)(F)F)C2(C)C)C[C@@H](O)C[C@@H]1O. The van der Waals surface area contributed by atoms with E-state index in [1.807, 2.05) is 18.1 Å². The summed E-state index contributed by atoms with van der Waals surface area (Å²) in [6.07, 6.45) is -4.43. The van der Waals surface area contributed by atoms with E-state index in [-0.39, 0.29) is 41.4 Å². The summed E-state index contributed by atoms with van der Waals surface area (Å²) in [7, 11) is 0. The monoisotopic (exact) mass is 550 g/mol. The Labute approximate surface area is 221 Å². The zero-order valence-electron chi connectivity index (χ0n) is 22.7. The van der Waals surface area contributed by atoms with E-state index < -0.39 is 30.2 Å². The summed E-state index contributed by atoms with van der Waals surface area (Å²) in [4.78, 5) is 0. The van der Waals surface area contributed by atoms with E-state index in [9.17, 15) is 41.7 Å². The lowest BCUT2D eigenvalue weighted by Gasteiger charge is -2.46. The first-order chi connectivity index (χ1) is 17.2. The molecular weight excluding hydrogens is 510 g/mol. The highest BCUT2D eigenvalue weighted by Crippen LogP contribution is 2.61. The van der Waals surface area contributed by atoms with Crippen LogP contribution in [0.3, 0.4) is 0 Å². The number of aliphatic hydroxyl groups is 3. The summed E-state index contributed by atoms with van der Waals surface area (Å²) < 4.78 is 77.1. The van der Waals surface area contributed by atoms with E-state index in [0.717, 1.165) is 24.3 Å². The molecule has 0 aromatic rings. The maximum atomic E-state index is 12.9. The van der Waals surface area contributed by atoms with Crippen molar-refractivity contribution in [3.8, 4) is 11.8 Å². The van der Waals surface area contributed by atoms with Gasteiger partial charge in [0.2, 0.25) is 0 Å². The summed E-state index contributed by atoms with van der Waals surface area (Å²) >= 11 is 0. The fourth-order valence-electron chi connectivity index (χ4n) is 5.95. The Bertz CT molecular complexity index is 967. The summed E-state index contributed by atoms with van der Waals surface area (Å²) in [5, 5.41) is 29.2. The molecule has 2 aliphatic carbocycles. The quantitative estimate of drug-likeness (QED) is 0.249. The molecule has 2 saturated carbocycles. The van der Waals surface area contributed by atoms with Crippen molar-refractivity contribution in [1.82, 2.24) is 0 Å². The number of alkyl halides is 6. The van der Waals surface area contributed by atoms with Gasteiger partial charge < -0.3 is 15.3 Å². The van der Waals surface area contributed by atoms with Gasteiger partial charge in [-0.2, -0.15) is 26.3 Å². The van der Waals surface area contributed by atoms with Crippen LogP contribution < -0.4 is 0 Å². The molecule has 6 atom stereocenters. The van der Waals surface area contributed by atoms with Crippen molar-refractivity contribution in [1.29, 1.82) is 0 Å². The maximum absolute atomic E-state index is 12.9. The van der Waals surface area contributed by atoms with Crippen molar-refractivity contribution in [3.63, 3.8) is 0 Å². The van der Waals surface area contributed by atoms with Crippen LogP contribution in [0.15, 0.2) is 36.0 Å². The van der Waals surface area contributed by atoms with Crippen molar-refractivity contribution in [3.05, 3.63) is 36.0 Å². The van der Waals surface area contributed by atoms with Crippen LogP contribution in [-0.2, 0) is 0 Å². The van der Waals surface area contributed by atoms with Crippen molar-refractivity contribution in [2.24, 2.45) is 28.6 Å². The molecule has 2 aliphatic rings. The second kappa shape index (κ2) is 11.4. The summed E-state index contributed by atoms with van der Waals surface area (Å²) in [6, 6.07) is 0. The smallest absolute Gasteiger partial charge is 0.393 e. The lowest BCUT2D eigenvalue weighted by atomic mass is 9.58. The highest BCUT2D eigenvalue weighted by atomic mass is 19.4. The van der Waals surface area contributed by atoms with Gasteiger partial charge in [-0.05, 0) is 71.3 Å². The number of allylic oxidation sites excluding steroid dienone is 3. The minimum absolute atomic E-state index is 0.110. The van der Waals surface area contributed by atoms with Gasteiger partial charge in [0, 0.05) is 12.8 Å². The van der Waals surface area contributed by atoms with E-state index in [1.54, 1.807) is 6.92 Å². The molecule has 2 rings (SSSR count). The Morgan fingerprint density at radius 1 is 1.08 bits per heavy atom. The van der Waals surface area contributed by atoms with E-state index in [0.29, 0.717) is 18.4 Å². The third-order valence-electron chi connectivity index (χ3n) is 9.16. The number of hydrogen-bond acceptors (Lipinski definition) is 3. The van der Waals surface area contributed by atoms with Crippen LogP contribution in [-0.4, -0.2) is 45.5 Å². The normalized spacial score (nSPS) is 31.4. The fourth-order valence-corrected chi connectivity index (χ4v) is 5.95. The molecule has 0 heterocycles. The van der Waals surface area contributed by atoms with E-state index in [4.69, 9.17) is 0 Å². The molecule has 2 fully saturated rings. The number of hydrogen-bond donors (Lipinski definition) is 3. The molecule has 216 valence electrons. The minimum atomic E-state index is -5.95. The van der Waals surface area contributed by atoms with Crippen LogP contribution in [0.1, 0.15) is 73.1 Å². The Kier molecular flexibility index (Phi) is 9.72. The minimum Gasteiger partial charge on any atom is -0.393 e. The first-order valence-corrected chi connectivity index (χ1v) is 13.0. The van der Waals surface area contributed by atoms with Crippen LogP contribution in [0.25, 0.3) is 0 Å². The van der Waals surface area contributed by atoms with Crippen LogP contribution >= 0.6 is 0 Å². The van der Waals surface area contributed by atoms with Crippen LogP contribution in [0.2, 0.25) is 0 Å². The van der Waals surface area contributed by atoms with Gasteiger partial charge in [0.15, 0.2) is 0 Å². The molecule has 38 heavy (non-hydrogen) atoms. The highest BCUT2D eigenvalue weighted by molar-refractivity contribution is 5.37. The molecule has 0 saturated heterocycles. The van der Waals surface area contributed by atoms with Crippen molar-refractivity contribution >= 4 is 0 Å². The topological polar surface area (TPSA) is 60.7 Å². The molecule has 3 N–H and O–H groups in total. The molecule has 1 unspecified atom stereocenters. The van der Waals surface area contributed by atoms with Gasteiger partial charge in [0.25, 0.3) is 0 Å². The van der Waals surface area contributed by atoms with E-state index >= 15 is 0 Å². The molecule has 3 nitrogen and oxygen atoms in total. The Balaban J connectivity index is 2.09. The Morgan fingerprint density at radius 3 is 2.21 bits per heavy atom. The van der Waals surface area contributed by atoms with Crippen molar-refractivity contribution in [2.75, 3.05) is 0 Å². The summed E-state index contributed by atoms with van der Waals surface area (Å²) in [5.74, 6) is 3.05. The Hall–Kier alpha value is -1.76. The molecule has 0 aliphatic heterocycles. The zero-order chi connectivity index (χ0) is 29.3. The molecule has 0 amide bonds. The molecule has 0 aromatic heterocycles. The predicted octanol–water partition coefficient (Wildman–Crippen LogP) is 6.89. The average molecular weight is 551 g/mol. The third kappa shape index (κ3) is 6.51. The molecule has 0 bridgehead atoms. The van der Waals surface area contributed by atoms with Gasteiger partial charge in [-0.25, -0.2) is 0 Å². The predicted molar refractivity (Wildman–Crippen MR) is 135 cm³/mol.